The van der Waals surface area contributed by atoms with Crippen molar-refractivity contribution in [3.63, 3.8) is 0 Å². The molecular formula is C21H18N4. The van der Waals surface area contributed by atoms with Gasteiger partial charge in [0.05, 0.1) is 11.3 Å². The molecule has 4 nitrogen and oxygen atoms in total. The largest absolute Gasteiger partial charge is 0.352 e. The minimum Gasteiger partial charge on any atom is -0.352 e. The first kappa shape index (κ1) is 16.6. The van der Waals surface area contributed by atoms with Gasteiger partial charge in [-0.3, -0.25) is 0 Å². The first-order chi connectivity index (χ1) is 12.2. The standard InChI is InChI=1S/C21H18N4/c1-2-14-8-9-17-18(10-14)20(15-6-4-3-5-7-15)25-21(19(17)13-24)16(11-22)12-23/h3-7,14,25H,2,8-10H2,1H3. The minimum absolute atomic E-state index is 0.0471. The summed E-state index contributed by atoms with van der Waals surface area (Å²) in [6, 6.07) is 16.0. The van der Waals surface area contributed by atoms with Gasteiger partial charge in [0, 0.05) is 5.70 Å². The summed E-state index contributed by atoms with van der Waals surface area (Å²) in [6.07, 6.45) is 3.85. The Balaban J connectivity index is 2.26. The third-order valence-corrected chi connectivity index (χ3v) is 4.99. The molecule has 1 fully saturated rings. The Morgan fingerprint density at radius 2 is 1.84 bits per heavy atom. The predicted octanol–water partition coefficient (Wildman–Crippen LogP) is 4.33. The summed E-state index contributed by atoms with van der Waals surface area (Å²) in [5, 5.41) is 31.6. The summed E-state index contributed by atoms with van der Waals surface area (Å²) < 4.78 is 0. The average molecular weight is 326 g/mol. The highest BCUT2D eigenvalue weighted by Gasteiger charge is 2.32. The van der Waals surface area contributed by atoms with Crippen LogP contribution in [0, 0.1) is 39.9 Å². The van der Waals surface area contributed by atoms with Gasteiger partial charge in [-0.05, 0) is 41.9 Å². The van der Waals surface area contributed by atoms with Crippen molar-refractivity contribution in [2.45, 2.75) is 32.6 Å². The highest BCUT2D eigenvalue weighted by Crippen LogP contribution is 2.43. The number of hydrogen-bond donors (Lipinski definition) is 1. The van der Waals surface area contributed by atoms with Gasteiger partial charge in [-0.25, -0.2) is 0 Å². The molecule has 0 amide bonds. The Morgan fingerprint density at radius 1 is 1.12 bits per heavy atom. The van der Waals surface area contributed by atoms with Crippen LogP contribution >= 0.6 is 0 Å². The van der Waals surface area contributed by atoms with Crippen LogP contribution < -0.4 is 5.32 Å². The number of benzene rings is 1. The normalized spacial score (nSPS) is 19.3. The molecule has 1 aliphatic carbocycles. The van der Waals surface area contributed by atoms with Crippen LogP contribution in [0.1, 0.15) is 38.2 Å². The zero-order chi connectivity index (χ0) is 17.8. The third-order valence-electron chi connectivity index (χ3n) is 4.99. The topological polar surface area (TPSA) is 83.4 Å². The molecule has 1 saturated carbocycles. The maximum absolute atomic E-state index is 9.70. The van der Waals surface area contributed by atoms with Gasteiger partial charge in [-0.2, -0.15) is 15.8 Å². The van der Waals surface area contributed by atoms with Gasteiger partial charge in [-0.1, -0.05) is 43.7 Å². The van der Waals surface area contributed by atoms with Gasteiger partial charge in [-0.15, -0.1) is 0 Å². The summed E-state index contributed by atoms with van der Waals surface area (Å²) in [4.78, 5) is 0. The van der Waals surface area contributed by atoms with Crippen LogP contribution in [0.4, 0.5) is 0 Å². The number of allylic oxidation sites excluding steroid dienone is 4. The molecule has 0 aromatic heterocycles. The Kier molecular flexibility index (Phi) is 4.69. The molecule has 2 aliphatic rings. The van der Waals surface area contributed by atoms with Crippen molar-refractivity contribution in [1.82, 2.24) is 5.32 Å². The molecule has 1 atom stereocenters. The summed E-state index contributed by atoms with van der Waals surface area (Å²) in [7, 11) is 0. The van der Waals surface area contributed by atoms with E-state index in [-0.39, 0.29) is 5.57 Å². The molecule has 4 heteroatoms. The van der Waals surface area contributed by atoms with E-state index >= 15 is 0 Å². The van der Waals surface area contributed by atoms with Crippen molar-refractivity contribution >= 4 is 5.70 Å². The number of nitrogens with one attached hydrogen (secondary N) is 1. The van der Waals surface area contributed by atoms with E-state index in [4.69, 9.17) is 0 Å². The molecule has 122 valence electrons. The number of nitriles is 3. The van der Waals surface area contributed by atoms with Crippen molar-refractivity contribution in [3.05, 3.63) is 63.9 Å². The van der Waals surface area contributed by atoms with E-state index in [1.807, 2.05) is 42.5 Å². The van der Waals surface area contributed by atoms with E-state index < -0.39 is 0 Å². The van der Waals surface area contributed by atoms with E-state index in [0.29, 0.717) is 17.2 Å². The summed E-state index contributed by atoms with van der Waals surface area (Å²) in [5.41, 5.74) is 4.82. The lowest BCUT2D eigenvalue weighted by Crippen LogP contribution is -2.26. The van der Waals surface area contributed by atoms with Crippen LogP contribution in [-0.2, 0) is 0 Å². The van der Waals surface area contributed by atoms with Crippen LogP contribution in [0.2, 0.25) is 0 Å². The van der Waals surface area contributed by atoms with Crippen LogP contribution in [-0.4, -0.2) is 0 Å². The molecule has 0 spiro atoms. The fourth-order valence-corrected chi connectivity index (χ4v) is 3.60. The average Bonchev–Trinajstić information content (AvgIpc) is 2.68. The summed E-state index contributed by atoms with van der Waals surface area (Å²) in [5.74, 6) is 0.594. The SMILES string of the molecule is CCC1CCC2=C(C#N)C(=C(C#N)C#N)NC(c3ccccc3)=C2C1. The molecule has 0 saturated heterocycles. The number of hydrogen-bond acceptors (Lipinski definition) is 4. The van der Waals surface area contributed by atoms with Gasteiger partial charge in [0.2, 0.25) is 0 Å². The fourth-order valence-electron chi connectivity index (χ4n) is 3.60. The molecule has 25 heavy (non-hydrogen) atoms. The van der Waals surface area contributed by atoms with E-state index in [0.717, 1.165) is 48.1 Å². The molecule has 1 N–H and O–H groups in total. The maximum atomic E-state index is 9.70. The molecule has 0 radical (unpaired) electrons. The lowest BCUT2D eigenvalue weighted by atomic mass is 9.75. The van der Waals surface area contributed by atoms with Gasteiger partial charge >= 0.3 is 0 Å². The second kappa shape index (κ2) is 7.08. The van der Waals surface area contributed by atoms with Crippen LogP contribution in [0.15, 0.2) is 58.3 Å². The maximum Gasteiger partial charge on any atom is 0.154 e. The molecule has 1 aromatic carbocycles. The summed E-state index contributed by atoms with van der Waals surface area (Å²) in [6.45, 7) is 2.19. The van der Waals surface area contributed by atoms with Crippen molar-refractivity contribution in [1.29, 1.82) is 15.8 Å². The predicted molar refractivity (Wildman–Crippen MR) is 95.0 cm³/mol. The first-order valence-electron chi connectivity index (χ1n) is 8.47. The lowest BCUT2D eigenvalue weighted by molar-refractivity contribution is 0.440. The quantitative estimate of drug-likeness (QED) is 0.820. The Morgan fingerprint density at radius 3 is 2.44 bits per heavy atom. The lowest BCUT2D eigenvalue weighted by Gasteiger charge is -2.33. The molecule has 1 unspecified atom stereocenters. The van der Waals surface area contributed by atoms with Crippen molar-refractivity contribution < 1.29 is 0 Å². The van der Waals surface area contributed by atoms with E-state index in [1.54, 1.807) is 0 Å². The zero-order valence-electron chi connectivity index (χ0n) is 14.1. The second-order valence-corrected chi connectivity index (χ2v) is 6.30. The van der Waals surface area contributed by atoms with E-state index in [9.17, 15) is 15.8 Å². The third kappa shape index (κ3) is 2.93. The highest BCUT2D eigenvalue weighted by molar-refractivity contribution is 5.79. The van der Waals surface area contributed by atoms with Crippen LogP contribution in [0.5, 0.6) is 0 Å². The Bertz CT molecular complexity index is 895. The van der Waals surface area contributed by atoms with Crippen LogP contribution in [0.25, 0.3) is 5.70 Å². The van der Waals surface area contributed by atoms with Gasteiger partial charge in [0.25, 0.3) is 0 Å². The first-order valence-corrected chi connectivity index (χ1v) is 8.47. The second-order valence-electron chi connectivity index (χ2n) is 6.30. The number of dihydropyridines is 1. The van der Waals surface area contributed by atoms with Crippen LogP contribution in [0.3, 0.4) is 0 Å². The Hall–Kier alpha value is -3.29. The summed E-state index contributed by atoms with van der Waals surface area (Å²) >= 11 is 0. The fraction of sp³-hybridized carbons (Fsp3) is 0.286. The van der Waals surface area contributed by atoms with Crippen molar-refractivity contribution in [2.24, 2.45) is 5.92 Å². The molecule has 3 rings (SSSR count). The minimum atomic E-state index is -0.0471. The molecule has 0 bridgehead atoms. The van der Waals surface area contributed by atoms with Gasteiger partial charge in [0.1, 0.15) is 18.2 Å². The Labute approximate surface area is 148 Å². The molecule has 1 heterocycles. The molecule has 1 aromatic rings. The highest BCUT2D eigenvalue weighted by atomic mass is 14.9. The number of rotatable bonds is 2. The molecule has 1 aliphatic heterocycles. The van der Waals surface area contributed by atoms with Crippen molar-refractivity contribution in [3.8, 4) is 18.2 Å². The molecular weight excluding hydrogens is 308 g/mol. The van der Waals surface area contributed by atoms with E-state index in [2.05, 4.69) is 18.3 Å². The smallest absolute Gasteiger partial charge is 0.154 e. The van der Waals surface area contributed by atoms with Gasteiger partial charge in [0.15, 0.2) is 5.57 Å². The van der Waals surface area contributed by atoms with Gasteiger partial charge < -0.3 is 5.32 Å². The monoisotopic (exact) mass is 326 g/mol. The van der Waals surface area contributed by atoms with E-state index in [1.165, 1.54) is 0 Å². The number of fused-ring (bicyclic) bond motifs is 1. The number of nitrogens with zero attached hydrogens (tertiary/aromatic N) is 3. The zero-order valence-corrected chi connectivity index (χ0v) is 14.1. The van der Waals surface area contributed by atoms with Crippen molar-refractivity contribution in [2.75, 3.05) is 0 Å².